The van der Waals surface area contributed by atoms with Crippen LogP contribution in [0.25, 0.3) is 22.2 Å². The molecule has 6 nitrogen and oxygen atoms in total. The Balaban J connectivity index is 1.64. The van der Waals surface area contributed by atoms with Crippen LogP contribution in [0.3, 0.4) is 0 Å². The van der Waals surface area contributed by atoms with E-state index >= 15 is 0 Å². The topological polar surface area (TPSA) is 63.0 Å². The number of benzene rings is 1. The van der Waals surface area contributed by atoms with Crippen LogP contribution in [0.5, 0.6) is 0 Å². The van der Waals surface area contributed by atoms with Crippen LogP contribution in [-0.2, 0) is 6.54 Å². The van der Waals surface area contributed by atoms with Crippen molar-refractivity contribution >= 4 is 22.6 Å². The van der Waals surface area contributed by atoms with Crippen LogP contribution in [0, 0.1) is 6.92 Å². The van der Waals surface area contributed by atoms with Gasteiger partial charge in [0.2, 0.25) is 0 Å². The number of fused-ring (bicyclic) bond motifs is 1. The molecule has 6 heteroatoms. The first kappa shape index (κ1) is 17.2. The Morgan fingerprint density at radius 1 is 1.25 bits per heavy atom. The van der Waals surface area contributed by atoms with Gasteiger partial charge in [-0.1, -0.05) is 13.0 Å². The maximum Gasteiger partial charge on any atom is 0.321 e. The number of urea groups is 1. The largest absolute Gasteiger partial charge is 0.336 e. The Morgan fingerprint density at radius 3 is 2.82 bits per heavy atom. The van der Waals surface area contributed by atoms with E-state index in [4.69, 9.17) is 4.98 Å². The lowest BCUT2D eigenvalue weighted by atomic mass is 10.0. The van der Waals surface area contributed by atoms with E-state index in [9.17, 15) is 4.79 Å². The fourth-order valence-electron chi connectivity index (χ4n) is 4.11. The minimum Gasteiger partial charge on any atom is -0.336 e. The molecule has 1 aromatic carbocycles. The highest BCUT2D eigenvalue weighted by Crippen LogP contribution is 2.44. The molecule has 144 valence electrons. The number of amides is 2. The fraction of sp³-hybridized carbons (Fsp3) is 0.409. The molecule has 1 N–H and O–H groups in total. The third-order valence-electron chi connectivity index (χ3n) is 5.69. The maximum absolute atomic E-state index is 12.1. The molecule has 2 aromatic heterocycles. The summed E-state index contributed by atoms with van der Waals surface area (Å²) in [5, 5.41) is 8.73. The van der Waals surface area contributed by atoms with Gasteiger partial charge in [0, 0.05) is 42.5 Å². The Kier molecular flexibility index (Phi) is 4.07. The van der Waals surface area contributed by atoms with Gasteiger partial charge in [-0.2, -0.15) is 5.10 Å². The van der Waals surface area contributed by atoms with Crippen LogP contribution in [-0.4, -0.2) is 33.9 Å². The number of hydrogen-bond acceptors (Lipinski definition) is 3. The number of nitrogens with zero attached hydrogens (tertiary/aromatic N) is 4. The summed E-state index contributed by atoms with van der Waals surface area (Å²) in [5.74, 6) is 0.621. The number of rotatable bonds is 5. The van der Waals surface area contributed by atoms with Crippen LogP contribution in [0.2, 0.25) is 0 Å². The van der Waals surface area contributed by atoms with Crippen LogP contribution in [0.4, 0.5) is 10.5 Å². The van der Waals surface area contributed by atoms with Gasteiger partial charge in [-0.25, -0.2) is 9.78 Å². The SMILES string of the molecule is CCCn1cc(-c2cc(C3CC3)c3ccc(N4CCNC4=O)cc3n2)c(C)n1. The van der Waals surface area contributed by atoms with Crippen molar-refractivity contribution in [2.75, 3.05) is 18.0 Å². The molecule has 3 heterocycles. The summed E-state index contributed by atoms with van der Waals surface area (Å²) in [6.07, 6.45) is 5.65. The number of anilines is 1. The second-order valence-corrected chi connectivity index (χ2v) is 7.85. The van der Waals surface area contributed by atoms with Gasteiger partial charge in [-0.05, 0) is 55.9 Å². The predicted molar refractivity (Wildman–Crippen MR) is 111 cm³/mol. The molecule has 1 saturated carbocycles. The molecule has 2 aliphatic rings. The first-order chi connectivity index (χ1) is 13.6. The summed E-state index contributed by atoms with van der Waals surface area (Å²) in [5.41, 5.74) is 6.34. The van der Waals surface area contributed by atoms with Gasteiger partial charge in [0.1, 0.15) is 0 Å². The van der Waals surface area contributed by atoms with E-state index in [0.717, 1.165) is 41.1 Å². The van der Waals surface area contributed by atoms with Gasteiger partial charge >= 0.3 is 6.03 Å². The number of pyridine rings is 1. The minimum absolute atomic E-state index is 0.0328. The smallest absolute Gasteiger partial charge is 0.321 e. The van der Waals surface area contributed by atoms with Gasteiger partial charge in [0.15, 0.2) is 0 Å². The number of hydrogen-bond donors (Lipinski definition) is 1. The quantitative estimate of drug-likeness (QED) is 0.726. The Hall–Kier alpha value is -2.89. The predicted octanol–water partition coefficient (Wildman–Crippen LogP) is 4.22. The summed E-state index contributed by atoms with van der Waals surface area (Å²) in [6.45, 7) is 6.51. The highest BCUT2D eigenvalue weighted by molar-refractivity contribution is 5.97. The molecule has 1 aliphatic carbocycles. The minimum atomic E-state index is -0.0328. The van der Waals surface area contributed by atoms with Crippen molar-refractivity contribution in [3.05, 3.63) is 41.7 Å². The van der Waals surface area contributed by atoms with E-state index in [0.29, 0.717) is 19.0 Å². The zero-order chi connectivity index (χ0) is 19.3. The summed E-state index contributed by atoms with van der Waals surface area (Å²) in [6, 6.07) is 8.46. The summed E-state index contributed by atoms with van der Waals surface area (Å²) in [4.78, 5) is 18.9. The first-order valence-corrected chi connectivity index (χ1v) is 10.2. The summed E-state index contributed by atoms with van der Waals surface area (Å²) in [7, 11) is 0. The van der Waals surface area contributed by atoms with Crippen molar-refractivity contribution in [2.45, 2.75) is 45.6 Å². The van der Waals surface area contributed by atoms with E-state index in [1.54, 1.807) is 4.90 Å². The normalized spacial score (nSPS) is 16.8. The zero-order valence-corrected chi connectivity index (χ0v) is 16.4. The average Bonchev–Trinajstić information content (AvgIpc) is 3.35. The lowest BCUT2D eigenvalue weighted by Crippen LogP contribution is -2.27. The van der Waals surface area contributed by atoms with Crippen LogP contribution in [0.1, 0.15) is 43.4 Å². The molecule has 0 spiro atoms. The first-order valence-electron chi connectivity index (χ1n) is 10.2. The molecule has 5 rings (SSSR count). The van der Waals surface area contributed by atoms with Gasteiger partial charge in [-0.15, -0.1) is 0 Å². The number of carbonyl (C=O) groups excluding carboxylic acids is 1. The third kappa shape index (κ3) is 2.93. The Bertz CT molecular complexity index is 1070. The fourth-order valence-corrected chi connectivity index (χ4v) is 4.11. The molecule has 0 atom stereocenters. The van der Waals surface area contributed by atoms with E-state index in [1.165, 1.54) is 23.8 Å². The monoisotopic (exact) mass is 375 g/mol. The second kappa shape index (κ2) is 6.62. The van der Waals surface area contributed by atoms with Crippen molar-refractivity contribution in [1.29, 1.82) is 0 Å². The van der Waals surface area contributed by atoms with Gasteiger partial charge in [0.05, 0.1) is 16.9 Å². The molecule has 1 saturated heterocycles. The number of carbonyl (C=O) groups is 1. The molecular formula is C22H25N5O. The van der Waals surface area contributed by atoms with E-state index < -0.39 is 0 Å². The van der Waals surface area contributed by atoms with Gasteiger partial charge in [-0.3, -0.25) is 9.58 Å². The Morgan fingerprint density at radius 2 is 2.11 bits per heavy atom. The summed E-state index contributed by atoms with van der Waals surface area (Å²) >= 11 is 0. The van der Waals surface area contributed by atoms with E-state index in [-0.39, 0.29) is 6.03 Å². The second-order valence-electron chi connectivity index (χ2n) is 7.85. The molecule has 28 heavy (non-hydrogen) atoms. The average molecular weight is 375 g/mol. The highest BCUT2D eigenvalue weighted by Gasteiger charge is 2.28. The summed E-state index contributed by atoms with van der Waals surface area (Å²) < 4.78 is 2.01. The van der Waals surface area contributed by atoms with E-state index in [2.05, 4.69) is 48.7 Å². The van der Waals surface area contributed by atoms with Crippen molar-refractivity contribution in [2.24, 2.45) is 0 Å². The number of aryl methyl sites for hydroxylation is 2. The molecule has 3 aromatic rings. The van der Waals surface area contributed by atoms with Gasteiger partial charge in [0.25, 0.3) is 0 Å². The van der Waals surface area contributed by atoms with Crippen molar-refractivity contribution in [3.8, 4) is 11.3 Å². The number of nitrogens with one attached hydrogen (secondary N) is 1. The molecule has 2 fully saturated rings. The molecule has 0 radical (unpaired) electrons. The van der Waals surface area contributed by atoms with Crippen molar-refractivity contribution in [1.82, 2.24) is 20.1 Å². The number of aromatic nitrogens is 3. The lowest BCUT2D eigenvalue weighted by Gasteiger charge is -2.16. The molecule has 0 unspecified atom stereocenters. The Labute approximate surface area is 164 Å². The zero-order valence-electron chi connectivity index (χ0n) is 16.4. The molecule has 2 amide bonds. The molecular weight excluding hydrogens is 350 g/mol. The third-order valence-corrected chi connectivity index (χ3v) is 5.69. The van der Waals surface area contributed by atoms with Crippen LogP contribution in [0.15, 0.2) is 30.5 Å². The maximum atomic E-state index is 12.1. The van der Waals surface area contributed by atoms with Crippen LogP contribution < -0.4 is 10.2 Å². The lowest BCUT2D eigenvalue weighted by molar-refractivity contribution is 0.252. The van der Waals surface area contributed by atoms with Crippen LogP contribution >= 0.6 is 0 Å². The molecule has 0 bridgehead atoms. The van der Waals surface area contributed by atoms with Gasteiger partial charge < -0.3 is 5.32 Å². The standard InChI is InChI=1S/C22H25N5O/c1-3-9-26-13-19(14(2)25-26)21-12-18(15-4-5-15)17-7-6-16(11-20(17)24-21)27-10-8-23-22(27)28/h6-7,11-13,15H,3-5,8-10H2,1-2H3,(H,23,28). The molecule has 1 aliphatic heterocycles. The highest BCUT2D eigenvalue weighted by atomic mass is 16.2. The van der Waals surface area contributed by atoms with E-state index in [1.807, 2.05) is 10.7 Å². The van der Waals surface area contributed by atoms with Crippen molar-refractivity contribution < 1.29 is 4.79 Å². The van der Waals surface area contributed by atoms with Crippen molar-refractivity contribution in [3.63, 3.8) is 0 Å².